The van der Waals surface area contributed by atoms with Crippen molar-refractivity contribution in [2.75, 3.05) is 6.61 Å². The van der Waals surface area contributed by atoms with E-state index < -0.39 is 0 Å². The van der Waals surface area contributed by atoms with Crippen molar-refractivity contribution in [2.45, 2.75) is 18.9 Å². The average Bonchev–Trinajstić information content (AvgIpc) is 2.48. The van der Waals surface area contributed by atoms with Crippen LogP contribution in [0.2, 0.25) is 0 Å². The fraction of sp³-hybridized carbons (Fsp3) is 0.235. The molecule has 1 aliphatic heterocycles. The summed E-state index contributed by atoms with van der Waals surface area (Å²) in [5.41, 5.74) is 3.26. The van der Waals surface area contributed by atoms with E-state index in [0.717, 1.165) is 21.1 Å². The lowest BCUT2D eigenvalue weighted by atomic mass is 9.93. The van der Waals surface area contributed by atoms with Crippen molar-refractivity contribution >= 4 is 28.4 Å². The van der Waals surface area contributed by atoms with E-state index >= 15 is 0 Å². The number of carbonyl (C=O) groups is 1. The van der Waals surface area contributed by atoms with Crippen LogP contribution in [0.5, 0.6) is 0 Å². The molecule has 2 aromatic rings. The van der Waals surface area contributed by atoms with Gasteiger partial charge in [0, 0.05) is 15.6 Å². The van der Waals surface area contributed by atoms with Gasteiger partial charge in [-0.3, -0.25) is 4.79 Å². The van der Waals surface area contributed by atoms with Gasteiger partial charge < -0.3 is 4.74 Å². The van der Waals surface area contributed by atoms with Crippen LogP contribution in [0.3, 0.4) is 0 Å². The van der Waals surface area contributed by atoms with Crippen molar-refractivity contribution in [3.63, 3.8) is 0 Å². The Morgan fingerprint density at radius 1 is 1.15 bits per heavy atom. The summed E-state index contributed by atoms with van der Waals surface area (Å²) in [6.07, 6.45) is 1.24. The number of hydrogen-bond donors (Lipinski definition) is 0. The Morgan fingerprint density at radius 3 is 2.75 bits per heavy atom. The zero-order valence-electron chi connectivity index (χ0n) is 11.0. The van der Waals surface area contributed by atoms with Crippen molar-refractivity contribution < 1.29 is 9.53 Å². The van der Waals surface area contributed by atoms with E-state index in [-0.39, 0.29) is 11.9 Å². The van der Waals surface area contributed by atoms with E-state index in [2.05, 4.69) is 34.7 Å². The van der Waals surface area contributed by atoms with E-state index in [1.807, 2.05) is 36.4 Å². The SMILES string of the molecule is O=C(CC1OCCc2ccccc21)c1ccccc1I. The molecule has 0 bridgehead atoms. The topological polar surface area (TPSA) is 26.3 Å². The second kappa shape index (κ2) is 6.06. The zero-order chi connectivity index (χ0) is 13.9. The van der Waals surface area contributed by atoms with E-state index in [4.69, 9.17) is 4.74 Å². The van der Waals surface area contributed by atoms with Crippen molar-refractivity contribution in [3.8, 4) is 0 Å². The minimum absolute atomic E-state index is 0.108. The first-order chi connectivity index (χ1) is 9.75. The third-order valence-corrected chi connectivity index (χ3v) is 4.58. The summed E-state index contributed by atoms with van der Waals surface area (Å²) in [5.74, 6) is 0.150. The lowest BCUT2D eigenvalue weighted by Gasteiger charge is -2.25. The molecule has 0 aliphatic carbocycles. The minimum Gasteiger partial charge on any atom is -0.373 e. The predicted molar refractivity (Wildman–Crippen MR) is 86.9 cm³/mol. The Hall–Kier alpha value is -1.20. The Labute approximate surface area is 132 Å². The first kappa shape index (κ1) is 13.8. The molecule has 0 amide bonds. The molecular formula is C17H15IO2. The molecule has 102 valence electrons. The maximum atomic E-state index is 12.5. The third kappa shape index (κ3) is 2.79. The summed E-state index contributed by atoms with van der Waals surface area (Å²) in [7, 11) is 0. The Bertz CT molecular complexity index is 636. The van der Waals surface area contributed by atoms with E-state index in [0.29, 0.717) is 13.0 Å². The Kier molecular flexibility index (Phi) is 4.17. The number of halogens is 1. The summed E-state index contributed by atoms with van der Waals surface area (Å²) in [5, 5.41) is 0. The monoisotopic (exact) mass is 378 g/mol. The fourth-order valence-electron chi connectivity index (χ4n) is 2.61. The molecule has 20 heavy (non-hydrogen) atoms. The van der Waals surface area contributed by atoms with Gasteiger partial charge in [0.1, 0.15) is 0 Å². The zero-order valence-corrected chi connectivity index (χ0v) is 13.2. The van der Waals surface area contributed by atoms with Crippen LogP contribution in [0, 0.1) is 3.57 Å². The number of ether oxygens (including phenoxy) is 1. The normalized spacial score (nSPS) is 17.6. The molecule has 0 spiro atoms. The third-order valence-electron chi connectivity index (χ3n) is 3.64. The lowest BCUT2D eigenvalue weighted by Crippen LogP contribution is -2.19. The number of fused-ring (bicyclic) bond motifs is 1. The minimum atomic E-state index is -0.108. The van der Waals surface area contributed by atoms with Gasteiger partial charge in [-0.1, -0.05) is 42.5 Å². The van der Waals surface area contributed by atoms with Crippen molar-refractivity contribution in [1.82, 2.24) is 0 Å². The summed E-state index contributed by atoms with van der Waals surface area (Å²) < 4.78 is 6.81. The first-order valence-electron chi connectivity index (χ1n) is 6.73. The van der Waals surface area contributed by atoms with E-state index in [1.165, 1.54) is 5.56 Å². The quantitative estimate of drug-likeness (QED) is 0.592. The lowest BCUT2D eigenvalue weighted by molar-refractivity contribution is 0.0351. The molecule has 0 N–H and O–H groups in total. The number of carbonyl (C=O) groups excluding carboxylic acids is 1. The van der Waals surface area contributed by atoms with E-state index in [1.54, 1.807) is 0 Å². The average molecular weight is 378 g/mol. The molecule has 2 aromatic carbocycles. The van der Waals surface area contributed by atoms with Crippen LogP contribution in [-0.4, -0.2) is 12.4 Å². The molecule has 0 saturated heterocycles. The van der Waals surface area contributed by atoms with Crippen LogP contribution < -0.4 is 0 Å². The summed E-state index contributed by atoms with van der Waals surface area (Å²) >= 11 is 2.21. The standard InChI is InChI=1S/C17H15IO2/c18-15-8-4-3-7-14(15)16(19)11-17-13-6-2-1-5-12(13)9-10-20-17/h1-8,17H,9-11H2. The van der Waals surface area contributed by atoms with Gasteiger partial charge >= 0.3 is 0 Å². The van der Waals surface area contributed by atoms with Crippen LogP contribution in [0.25, 0.3) is 0 Å². The van der Waals surface area contributed by atoms with Gasteiger partial charge in [0.05, 0.1) is 12.7 Å². The molecule has 1 aliphatic rings. The number of Topliss-reactive ketones (excluding diaryl/α,β-unsaturated/α-hetero) is 1. The highest BCUT2D eigenvalue weighted by molar-refractivity contribution is 14.1. The highest BCUT2D eigenvalue weighted by atomic mass is 127. The van der Waals surface area contributed by atoms with Gasteiger partial charge in [-0.05, 0) is 46.2 Å². The van der Waals surface area contributed by atoms with Crippen LogP contribution in [0.15, 0.2) is 48.5 Å². The van der Waals surface area contributed by atoms with Crippen molar-refractivity contribution in [1.29, 1.82) is 0 Å². The van der Waals surface area contributed by atoms with Gasteiger partial charge in [-0.15, -0.1) is 0 Å². The van der Waals surface area contributed by atoms with E-state index in [9.17, 15) is 4.79 Å². The van der Waals surface area contributed by atoms with Crippen molar-refractivity contribution in [3.05, 3.63) is 68.8 Å². The summed E-state index contributed by atoms with van der Waals surface area (Å²) in [6, 6.07) is 16.0. The molecular weight excluding hydrogens is 363 g/mol. The molecule has 3 rings (SSSR count). The largest absolute Gasteiger partial charge is 0.373 e. The maximum absolute atomic E-state index is 12.5. The van der Waals surface area contributed by atoms with Gasteiger partial charge in [-0.25, -0.2) is 0 Å². The number of benzene rings is 2. The summed E-state index contributed by atoms with van der Waals surface area (Å²) in [4.78, 5) is 12.5. The van der Waals surface area contributed by atoms with Crippen LogP contribution in [0.1, 0.15) is 34.0 Å². The summed E-state index contributed by atoms with van der Waals surface area (Å²) in [6.45, 7) is 0.695. The second-order valence-corrected chi connectivity index (χ2v) is 6.08. The molecule has 2 nitrogen and oxygen atoms in total. The molecule has 0 saturated carbocycles. The van der Waals surface area contributed by atoms with Gasteiger partial charge in [0.25, 0.3) is 0 Å². The first-order valence-corrected chi connectivity index (χ1v) is 7.80. The Balaban J connectivity index is 1.83. The van der Waals surface area contributed by atoms with Crippen molar-refractivity contribution in [2.24, 2.45) is 0 Å². The predicted octanol–water partition coefficient (Wildman–Crippen LogP) is 4.18. The smallest absolute Gasteiger partial charge is 0.166 e. The molecule has 0 aromatic heterocycles. The van der Waals surface area contributed by atoms with Crippen LogP contribution in [0.4, 0.5) is 0 Å². The van der Waals surface area contributed by atoms with Crippen LogP contribution in [-0.2, 0) is 11.2 Å². The molecule has 3 heteroatoms. The highest BCUT2D eigenvalue weighted by Gasteiger charge is 2.24. The molecule has 1 heterocycles. The molecule has 1 unspecified atom stereocenters. The number of ketones is 1. The number of rotatable bonds is 3. The number of hydrogen-bond acceptors (Lipinski definition) is 2. The fourth-order valence-corrected chi connectivity index (χ4v) is 3.30. The van der Waals surface area contributed by atoms with Gasteiger partial charge in [-0.2, -0.15) is 0 Å². The second-order valence-electron chi connectivity index (χ2n) is 4.92. The van der Waals surface area contributed by atoms with Gasteiger partial charge in [0.2, 0.25) is 0 Å². The Morgan fingerprint density at radius 2 is 1.90 bits per heavy atom. The van der Waals surface area contributed by atoms with Crippen LogP contribution >= 0.6 is 22.6 Å². The molecule has 1 atom stereocenters. The maximum Gasteiger partial charge on any atom is 0.166 e. The molecule has 0 radical (unpaired) electrons. The highest BCUT2D eigenvalue weighted by Crippen LogP contribution is 2.31. The van der Waals surface area contributed by atoms with Gasteiger partial charge in [0.15, 0.2) is 5.78 Å². The molecule has 0 fully saturated rings.